The summed E-state index contributed by atoms with van der Waals surface area (Å²) in [7, 11) is 0. The van der Waals surface area contributed by atoms with Crippen LogP contribution >= 0.6 is 0 Å². The number of halogens is 1. The van der Waals surface area contributed by atoms with E-state index < -0.39 is 53.6 Å². The van der Waals surface area contributed by atoms with Crippen LogP contribution in [0.1, 0.15) is 11.6 Å². The van der Waals surface area contributed by atoms with Crippen LogP contribution < -0.4 is 10.2 Å². The van der Waals surface area contributed by atoms with Gasteiger partial charge in [0.1, 0.15) is 5.82 Å². The van der Waals surface area contributed by atoms with Gasteiger partial charge in [-0.2, -0.15) is 0 Å². The number of aliphatic hydroxyl groups is 1. The van der Waals surface area contributed by atoms with E-state index in [1.54, 1.807) is 30.3 Å². The standard InChI is InChI=1S/C20H17FN2O5/c21-12-8-6-11(7-9-12)16-14-15(20(10-24,22-16)19(27)28)18(26)23(17(14)25)13-4-2-1-3-5-13/h1-9,14-16,22,24H,10H2,(H,27,28). The highest BCUT2D eigenvalue weighted by atomic mass is 19.1. The summed E-state index contributed by atoms with van der Waals surface area (Å²) in [6, 6.07) is 12.6. The van der Waals surface area contributed by atoms with Crippen LogP contribution in [-0.4, -0.2) is 40.1 Å². The molecule has 2 saturated heterocycles. The number of carbonyl (C=O) groups is 3. The van der Waals surface area contributed by atoms with Gasteiger partial charge in [-0.1, -0.05) is 30.3 Å². The first kappa shape index (κ1) is 18.3. The Morgan fingerprint density at radius 1 is 1.07 bits per heavy atom. The Bertz CT molecular complexity index is 949. The van der Waals surface area contributed by atoms with Gasteiger partial charge in [-0.3, -0.25) is 19.7 Å². The fourth-order valence-corrected chi connectivity index (χ4v) is 4.20. The Morgan fingerprint density at radius 3 is 2.29 bits per heavy atom. The van der Waals surface area contributed by atoms with Crippen LogP contribution in [0.4, 0.5) is 10.1 Å². The topological polar surface area (TPSA) is 107 Å². The third-order valence-corrected chi connectivity index (χ3v) is 5.53. The molecular formula is C20H17FN2O5. The highest BCUT2D eigenvalue weighted by Crippen LogP contribution is 2.49. The van der Waals surface area contributed by atoms with Gasteiger partial charge >= 0.3 is 5.97 Å². The van der Waals surface area contributed by atoms with E-state index in [0.717, 1.165) is 4.90 Å². The number of nitrogens with one attached hydrogen (secondary N) is 1. The van der Waals surface area contributed by atoms with E-state index >= 15 is 0 Å². The monoisotopic (exact) mass is 384 g/mol. The van der Waals surface area contributed by atoms with Crippen molar-refractivity contribution in [2.45, 2.75) is 11.6 Å². The van der Waals surface area contributed by atoms with E-state index in [4.69, 9.17) is 0 Å². The maximum atomic E-state index is 13.3. The Labute approximate surface area is 159 Å². The van der Waals surface area contributed by atoms with Crippen molar-refractivity contribution in [3.8, 4) is 0 Å². The van der Waals surface area contributed by atoms with Crippen molar-refractivity contribution in [2.24, 2.45) is 11.8 Å². The minimum absolute atomic E-state index is 0.335. The molecule has 2 aromatic carbocycles. The molecule has 2 heterocycles. The Kier molecular flexibility index (Phi) is 4.24. The van der Waals surface area contributed by atoms with Gasteiger partial charge in [-0.15, -0.1) is 0 Å². The van der Waals surface area contributed by atoms with Crippen LogP contribution in [0, 0.1) is 17.7 Å². The summed E-state index contributed by atoms with van der Waals surface area (Å²) in [5.41, 5.74) is -1.22. The van der Waals surface area contributed by atoms with E-state index in [9.17, 15) is 29.0 Å². The second kappa shape index (κ2) is 6.50. The highest BCUT2D eigenvalue weighted by molar-refractivity contribution is 6.24. The quantitative estimate of drug-likeness (QED) is 0.682. The summed E-state index contributed by atoms with van der Waals surface area (Å²) in [6.07, 6.45) is 0. The van der Waals surface area contributed by atoms with Crippen LogP contribution in [0.2, 0.25) is 0 Å². The lowest BCUT2D eigenvalue weighted by atomic mass is 9.79. The van der Waals surface area contributed by atoms with Crippen molar-refractivity contribution in [3.63, 3.8) is 0 Å². The van der Waals surface area contributed by atoms with E-state index in [1.165, 1.54) is 24.3 Å². The summed E-state index contributed by atoms with van der Waals surface area (Å²) in [5.74, 6) is -5.48. The lowest BCUT2D eigenvalue weighted by molar-refractivity contribution is -0.150. The third-order valence-electron chi connectivity index (χ3n) is 5.53. The first-order valence-corrected chi connectivity index (χ1v) is 8.71. The average molecular weight is 384 g/mol. The van der Waals surface area contributed by atoms with Crippen LogP contribution in [0.5, 0.6) is 0 Å². The molecule has 2 amide bonds. The smallest absolute Gasteiger partial charge is 0.327 e. The molecule has 0 aliphatic carbocycles. The highest BCUT2D eigenvalue weighted by Gasteiger charge is 2.68. The van der Waals surface area contributed by atoms with Gasteiger partial charge < -0.3 is 10.2 Å². The predicted molar refractivity (Wildman–Crippen MR) is 95.6 cm³/mol. The minimum Gasteiger partial charge on any atom is -0.480 e. The number of carboxylic acid groups (broad SMARTS) is 1. The maximum Gasteiger partial charge on any atom is 0.327 e. The van der Waals surface area contributed by atoms with Crippen molar-refractivity contribution in [2.75, 3.05) is 11.5 Å². The molecule has 2 aromatic rings. The lowest BCUT2D eigenvalue weighted by Crippen LogP contribution is -2.58. The number of nitrogens with zero attached hydrogens (tertiary/aromatic N) is 1. The number of carboxylic acids is 1. The van der Waals surface area contributed by atoms with E-state index in [-0.39, 0.29) is 0 Å². The molecule has 0 bridgehead atoms. The molecule has 4 atom stereocenters. The largest absolute Gasteiger partial charge is 0.480 e. The van der Waals surface area contributed by atoms with Crippen LogP contribution in [-0.2, 0) is 14.4 Å². The SMILES string of the molecule is O=C1C2C(c3ccc(F)cc3)NC(CO)(C(=O)O)C2C(=O)N1c1ccccc1. The zero-order chi connectivity index (χ0) is 20.1. The molecule has 3 N–H and O–H groups in total. The molecule has 2 aliphatic rings. The second-order valence-corrected chi connectivity index (χ2v) is 6.96. The first-order chi connectivity index (χ1) is 13.4. The molecule has 144 valence electrons. The van der Waals surface area contributed by atoms with Gasteiger partial charge in [0.05, 0.1) is 24.1 Å². The number of rotatable bonds is 4. The molecule has 0 saturated carbocycles. The summed E-state index contributed by atoms with van der Waals surface area (Å²) in [5, 5.41) is 22.5. The number of amides is 2. The summed E-state index contributed by atoms with van der Waals surface area (Å²) in [4.78, 5) is 39.4. The number of anilines is 1. The number of benzene rings is 2. The Hall–Kier alpha value is -3.10. The number of imide groups is 1. The third kappa shape index (κ3) is 2.45. The fraction of sp³-hybridized carbons (Fsp3) is 0.250. The summed E-state index contributed by atoms with van der Waals surface area (Å²) >= 11 is 0. The first-order valence-electron chi connectivity index (χ1n) is 8.71. The number of aliphatic hydroxyl groups excluding tert-OH is 1. The van der Waals surface area contributed by atoms with Crippen molar-refractivity contribution < 1.29 is 29.0 Å². The molecule has 4 rings (SSSR count). The van der Waals surface area contributed by atoms with E-state index in [2.05, 4.69) is 5.32 Å². The second-order valence-electron chi connectivity index (χ2n) is 6.96. The molecule has 7 nitrogen and oxygen atoms in total. The summed E-state index contributed by atoms with van der Waals surface area (Å²) < 4.78 is 13.3. The zero-order valence-electron chi connectivity index (χ0n) is 14.6. The molecular weight excluding hydrogens is 367 g/mol. The molecule has 0 spiro atoms. The molecule has 28 heavy (non-hydrogen) atoms. The minimum atomic E-state index is -2.01. The lowest BCUT2D eigenvalue weighted by Gasteiger charge is -2.29. The Balaban J connectivity index is 1.85. The van der Waals surface area contributed by atoms with E-state index in [0.29, 0.717) is 11.3 Å². The normalized spacial score (nSPS) is 29.2. The van der Waals surface area contributed by atoms with Crippen molar-refractivity contribution in [1.82, 2.24) is 5.32 Å². The molecule has 2 aliphatic heterocycles. The fourth-order valence-electron chi connectivity index (χ4n) is 4.20. The Morgan fingerprint density at radius 2 is 1.71 bits per heavy atom. The van der Waals surface area contributed by atoms with Gasteiger partial charge in [0.15, 0.2) is 5.54 Å². The van der Waals surface area contributed by atoms with Gasteiger partial charge in [0.2, 0.25) is 11.8 Å². The van der Waals surface area contributed by atoms with Gasteiger partial charge in [-0.05, 0) is 29.8 Å². The van der Waals surface area contributed by atoms with Crippen LogP contribution in [0.3, 0.4) is 0 Å². The molecule has 2 fully saturated rings. The zero-order valence-corrected chi connectivity index (χ0v) is 14.6. The van der Waals surface area contributed by atoms with Crippen molar-refractivity contribution in [3.05, 3.63) is 66.0 Å². The molecule has 4 unspecified atom stereocenters. The van der Waals surface area contributed by atoms with Gasteiger partial charge in [-0.25, -0.2) is 9.29 Å². The number of para-hydroxylation sites is 1. The van der Waals surface area contributed by atoms with Crippen LogP contribution in [0.15, 0.2) is 54.6 Å². The molecule has 0 radical (unpaired) electrons. The number of aliphatic carboxylic acids is 1. The van der Waals surface area contributed by atoms with Crippen molar-refractivity contribution in [1.29, 1.82) is 0 Å². The van der Waals surface area contributed by atoms with Gasteiger partial charge in [0.25, 0.3) is 0 Å². The summed E-state index contributed by atoms with van der Waals surface area (Å²) in [6.45, 7) is -0.872. The maximum absolute atomic E-state index is 13.3. The number of hydrogen-bond donors (Lipinski definition) is 3. The predicted octanol–water partition coefficient (Wildman–Crippen LogP) is 1.09. The number of fused-ring (bicyclic) bond motifs is 1. The van der Waals surface area contributed by atoms with Gasteiger partial charge in [0, 0.05) is 6.04 Å². The molecule has 8 heteroatoms. The van der Waals surface area contributed by atoms with Crippen LogP contribution in [0.25, 0.3) is 0 Å². The average Bonchev–Trinajstić information content (AvgIpc) is 3.18. The van der Waals surface area contributed by atoms with E-state index in [1.807, 2.05) is 0 Å². The molecule has 0 aromatic heterocycles. The number of carbonyl (C=O) groups excluding carboxylic acids is 2. The van der Waals surface area contributed by atoms with Crippen molar-refractivity contribution >= 4 is 23.5 Å². The number of hydrogen-bond acceptors (Lipinski definition) is 5.